The Morgan fingerprint density at radius 1 is 1.00 bits per heavy atom. The van der Waals surface area contributed by atoms with E-state index in [9.17, 15) is 9.59 Å². The van der Waals surface area contributed by atoms with Crippen molar-refractivity contribution in [2.24, 2.45) is 0 Å². The maximum absolute atomic E-state index is 13.0. The minimum atomic E-state index is -0.528. The second-order valence-corrected chi connectivity index (χ2v) is 9.30. The molecule has 1 atom stereocenters. The number of halogens is 1. The predicted octanol–water partition coefficient (Wildman–Crippen LogP) is 4.84. The van der Waals surface area contributed by atoms with Crippen molar-refractivity contribution >= 4 is 27.7 Å². The average molecular weight is 459 g/mol. The third kappa shape index (κ3) is 6.70. The fourth-order valence-electron chi connectivity index (χ4n) is 3.14. The number of benzene rings is 2. The molecule has 4 nitrogen and oxygen atoms in total. The molecule has 0 bridgehead atoms. The summed E-state index contributed by atoms with van der Waals surface area (Å²) in [5.41, 5.74) is 3.51. The van der Waals surface area contributed by atoms with Gasteiger partial charge in [-0.05, 0) is 47.6 Å². The van der Waals surface area contributed by atoms with E-state index >= 15 is 0 Å². The van der Waals surface area contributed by atoms with E-state index in [1.165, 1.54) is 5.56 Å². The Morgan fingerprint density at radius 3 is 2.07 bits per heavy atom. The van der Waals surface area contributed by atoms with Crippen LogP contribution in [-0.2, 0) is 28.0 Å². The van der Waals surface area contributed by atoms with Gasteiger partial charge in [-0.2, -0.15) is 0 Å². The molecule has 1 N–H and O–H groups in total. The molecule has 5 heteroatoms. The highest BCUT2D eigenvalue weighted by Gasteiger charge is 2.25. The number of nitrogens with zero attached hydrogens (tertiary/aromatic N) is 1. The Labute approximate surface area is 182 Å². The SMILES string of the molecule is CNC(=O)C(C)N(Cc1ccc(Br)cc1)C(=O)CCc1ccc(C(C)(C)C)cc1. The van der Waals surface area contributed by atoms with Gasteiger partial charge in [0.25, 0.3) is 0 Å². The summed E-state index contributed by atoms with van der Waals surface area (Å²) in [6.45, 7) is 8.74. The molecule has 0 heterocycles. The van der Waals surface area contributed by atoms with E-state index in [1.54, 1.807) is 18.9 Å². The standard InChI is InChI=1S/C24H31BrN2O2/c1-17(23(29)26-5)27(16-19-8-13-21(25)14-9-19)22(28)15-10-18-6-11-20(12-7-18)24(2,3)4/h6-9,11-14,17H,10,15-16H2,1-5H3,(H,26,29). The molecule has 2 rings (SSSR count). The molecule has 0 radical (unpaired) electrons. The van der Waals surface area contributed by atoms with Crippen LogP contribution in [0.25, 0.3) is 0 Å². The van der Waals surface area contributed by atoms with Crippen LogP contribution in [0.2, 0.25) is 0 Å². The minimum Gasteiger partial charge on any atom is -0.357 e. The van der Waals surface area contributed by atoms with Crippen LogP contribution in [0.15, 0.2) is 53.0 Å². The van der Waals surface area contributed by atoms with Crippen LogP contribution in [0.1, 0.15) is 50.8 Å². The summed E-state index contributed by atoms with van der Waals surface area (Å²) in [6, 6.07) is 15.7. The van der Waals surface area contributed by atoms with E-state index < -0.39 is 6.04 Å². The fourth-order valence-corrected chi connectivity index (χ4v) is 3.41. The van der Waals surface area contributed by atoms with Crippen LogP contribution in [0.5, 0.6) is 0 Å². The number of carbonyl (C=O) groups excluding carboxylic acids is 2. The van der Waals surface area contributed by atoms with Crippen LogP contribution in [0.3, 0.4) is 0 Å². The van der Waals surface area contributed by atoms with Crippen molar-refractivity contribution in [1.82, 2.24) is 10.2 Å². The molecule has 0 saturated carbocycles. The smallest absolute Gasteiger partial charge is 0.242 e. The number of nitrogens with one attached hydrogen (secondary N) is 1. The first kappa shape index (κ1) is 23.1. The third-order valence-corrected chi connectivity index (χ3v) is 5.66. The van der Waals surface area contributed by atoms with Gasteiger partial charge in [0.1, 0.15) is 6.04 Å². The molecule has 2 aromatic rings. The van der Waals surface area contributed by atoms with Crippen LogP contribution in [0, 0.1) is 0 Å². The first-order valence-electron chi connectivity index (χ1n) is 9.96. The van der Waals surface area contributed by atoms with Crippen molar-refractivity contribution < 1.29 is 9.59 Å². The largest absolute Gasteiger partial charge is 0.357 e. The van der Waals surface area contributed by atoms with Gasteiger partial charge in [-0.3, -0.25) is 9.59 Å². The van der Waals surface area contributed by atoms with Gasteiger partial charge in [0, 0.05) is 24.5 Å². The molecular formula is C24H31BrN2O2. The van der Waals surface area contributed by atoms with Crippen molar-refractivity contribution in [3.8, 4) is 0 Å². The topological polar surface area (TPSA) is 49.4 Å². The van der Waals surface area contributed by atoms with Gasteiger partial charge in [0.15, 0.2) is 0 Å². The Kier molecular flexibility index (Phi) is 8.03. The monoisotopic (exact) mass is 458 g/mol. The molecule has 29 heavy (non-hydrogen) atoms. The van der Waals surface area contributed by atoms with E-state index in [2.05, 4.69) is 66.3 Å². The highest BCUT2D eigenvalue weighted by Crippen LogP contribution is 2.23. The zero-order valence-corrected chi connectivity index (χ0v) is 19.5. The molecule has 0 aliphatic heterocycles. The zero-order valence-electron chi connectivity index (χ0n) is 18.0. The first-order chi connectivity index (χ1) is 13.6. The minimum absolute atomic E-state index is 0.0242. The first-order valence-corrected chi connectivity index (χ1v) is 10.8. The van der Waals surface area contributed by atoms with Crippen LogP contribution in [0.4, 0.5) is 0 Å². The Balaban J connectivity index is 2.10. The van der Waals surface area contributed by atoms with Crippen molar-refractivity contribution in [3.63, 3.8) is 0 Å². The lowest BCUT2D eigenvalue weighted by Gasteiger charge is -2.28. The van der Waals surface area contributed by atoms with Gasteiger partial charge < -0.3 is 10.2 Å². The number of amides is 2. The maximum Gasteiger partial charge on any atom is 0.242 e. The zero-order chi connectivity index (χ0) is 21.6. The number of carbonyl (C=O) groups is 2. The molecule has 0 aliphatic carbocycles. The lowest BCUT2D eigenvalue weighted by atomic mass is 9.86. The molecule has 2 amide bonds. The molecule has 0 saturated heterocycles. The Morgan fingerprint density at radius 2 is 1.55 bits per heavy atom. The molecular weight excluding hydrogens is 428 g/mol. The normalized spacial score (nSPS) is 12.3. The van der Waals surface area contributed by atoms with Gasteiger partial charge >= 0.3 is 0 Å². The molecule has 0 aliphatic rings. The van der Waals surface area contributed by atoms with Gasteiger partial charge in [-0.15, -0.1) is 0 Å². The summed E-state index contributed by atoms with van der Waals surface area (Å²) in [7, 11) is 1.60. The molecule has 1 unspecified atom stereocenters. The second-order valence-electron chi connectivity index (χ2n) is 8.39. The molecule has 0 spiro atoms. The molecule has 0 aromatic heterocycles. The summed E-state index contributed by atoms with van der Waals surface area (Å²) >= 11 is 3.43. The van der Waals surface area contributed by atoms with Crippen molar-refractivity contribution in [2.75, 3.05) is 7.05 Å². The van der Waals surface area contributed by atoms with Crippen LogP contribution >= 0.6 is 15.9 Å². The van der Waals surface area contributed by atoms with Gasteiger partial charge in [0.05, 0.1) is 0 Å². The number of hydrogen-bond acceptors (Lipinski definition) is 2. The van der Waals surface area contributed by atoms with E-state index in [0.29, 0.717) is 19.4 Å². The molecule has 2 aromatic carbocycles. The Hall–Kier alpha value is -2.14. The number of hydrogen-bond donors (Lipinski definition) is 1. The van der Waals surface area contributed by atoms with E-state index in [4.69, 9.17) is 0 Å². The number of likely N-dealkylation sites (N-methyl/N-ethyl adjacent to an activating group) is 1. The molecule has 156 valence electrons. The second kappa shape index (κ2) is 10.1. The van der Waals surface area contributed by atoms with Crippen molar-refractivity contribution in [1.29, 1.82) is 0 Å². The maximum atomic E-state index is 13.0. The summed E-state index contributed by atoms with van der Waals surface area (Å²) in [5, 5.41) is 2.65. The lowest BCUT2D eigenvalue weighted by Crippen LogP contribution is -2.46. The summed E-state index contributed by atoms with van der Waals surface area (Å²) < 4.78 is 0.983. The summed E-state index contributed by atoms with van der Waals surface area (Å²) in [5.74, 6) is -0.186. The van der Waals surface area contributed by atoms with Crippen LogP contribution in [-0.4, -0.2) is 29.8 Å². The summed E-state index contributed by atoms with van der Waals surface area (Å²) in [4.78, 5) is 26.9. The van der Waals surface area contributed by atoms with E-state index in [-0.39, 0.29) is 17.2 Å². The molecule has 0 fully saturated rings. The lowest BCUT2D eigenvalue weighted by molar-refractivity contribution is -0.140. The number of rotatable bonds is 7. The third-order valence-electron chi connectivity index (χ3n) is 5.13. The van der Waals surface area contributed by atoms with Crippen LogP contribution < -0.4 is 5.32 Å². The predicted molar refractivity (Wildman–Crippen MR) is 122 cm³/mol. The van der Waals surface area contributed by atoms with Gasteiger partial charge in [-0.1, -0.05) is 73.1 Å². The van der Waals surface area contributed by atoms with Crippen molar-refractivity contribution in [2.45, 2.75) is 58.5 Å². The average Bonchev–Trinajstić information content (AvgIpc) is 2.70. The quantitative estimate of drug-likeness (QED) is 0.644. The van der Waals surface area contributed by atoms with E-state index in [1.807, 2.05) is 24.3 Å². The Bertz CT molecular complexity index is 823. The van der Waals surface area contributed by atoms with E-state index in [0.717, 1.165) is 15.6 Å². The fraction of sp³-hybridized carbons (Fsp3) is 0.417. The van der Waals surface area contributed by atoms with Crippen molar-refractivity contribution in [3.05, 3.63) is 69.7 Å². The number of aryl methyl sites for hydroxylation is 1. The van der Waals surface area contributed by atoms with Gasteiger partial charge in [-0.25, -0.2) is 0 Å². The highest BCUT2D eigenvalue weighted by molar-refractivity contribution is 9.10. The summed E-state index contributed by atoms with van der Waals surface area (Å²) in [6.07, 6.45) is 1.02. The van der Waals surface area contributed by atoms with Gasteiger partial charge in [0.2, 0.25) is 11.8 Å². The highest BCUT2D eigenvalue weighted by atomic mass is 79.9.